The Morgan fingerprint density at radius 1 is 1.36 bits per heavy atom. The zero-order valence-electron chi connectivity index (χ0n) is 12.1. The van der Waals surface area contributed by atoms with E-state index in [1.54, 1.807) is 30.3 Å². The first-order valence-electron chi connectivity index (χ1n) is 7.15. The van der Waals surface area contributed by atoms with E-state index in [0.29, 0.717) is 35.6 Å². The molecule has 0 unspecified atom stereocenters. The summed E-state index contributed by atoms with van der Waals surface area (Å²) in [5.41, 5.74) is 7.21. The monoisotopic (exact) mass is 297 g/mol. The van der Waals surface area contributed by atoms with Gasteiger partial charge >= 0.3 is 0 Å². The van der Waals surface area contributed by atoms with E-state index in [1.165, 1.54) is 6.20 Å². The lowest BCUT2D eigenvalue weighted by Gasteiger charge is -2.14. The van der Waals surface area contributed by atoms with Gasteiger partial charge in [-0.15, -0.1) is 0 Å². The number of nitriles is 1. The molecule has 2 N–H and O–H groups in total. The van der Waals surface area contributed by atoms with Crippen molar-refractivity contribution in [2.75, 3.05) is 13.2 Å². The Labute approximate surface area is 128 Å². The van der Waals surface area contributed by atoms with E-state index in [2.05, 4.69) is 4.98 Å². The molecule has 1 fully saturated rings. The number of hydrogen-bond donors (Lipinski definition) is 1. The Hall–Kier alpha value is -2.45. The molecule has 1 aliphatic carbocycles. The number of benzene rings is 1. The number of pyridine rings is 1. The molecule has 1 aliphatic rings. The molecule has 1 aromatic carbocycles. The molecule has 0 radical (unpaired) electrons. The fraction of sp³-hybridized carbons (Fsp3) is 0.294. The van der Waals surface area contributed by atoms with Gasteiger partial charge in [0.25, 0.3) is 0 Å². The Kier molecular flexibility index (Phi) is 3.78. The van der Waals surface area contributed by atoms with E-state index >= 15 is 0 Å². The zero-order valence-corrected chi connectivity index (χ0v) is 12.1. The molecular formula is C17H16FN3O. The van der Waals surface area contributed by atoms with Crippen LogP contribution in [0.3, 0.4) is 0 Å². The first-order chi connectivity index (χ1) is 10.7. The van der Waals surface area contributed by atoms with Crippen LogP contribution in [0.5, 0.6) is 5.75 Å². The number of hydrogen-bond acceptors (Lipinski definition) is 4. The van der Waals surface area contributed by atoms with Gasteiger partial charge in [0.15, 0.2) is 0 Å². The van der Waals surface area contributed by atoms with Crippen molar-refractivity contribution in [3.63, 3.8) is 0 Å². The molecule has 112 valence electrons. The minimum atomic E-state index is -0.581. The third-order valence-corrected chi connectivity index (χ3v) is 4.05. The molecular weight excluding hydrogens is 281 g/mol. The van der Waals surface area contributed by atoms with Gasteiger partial charge in [-0.25, -0.2) is 4.98 Å². The van der Waals surface area contributed by atoms with Gasteiger partial charge in [0.1, 0.15) is 5.75 Å². The van der Waals surface area contributed by atoms with Crippen molar-refractivity contribution < 1.29 is 9.13 Å². The molecule has 0 bridgehead atoms. The van der Waals surface area contributed by atoms with Crippen molar-refractivity contribution in [3.05, 3.63) is 48.0 Å². The maximum atomic E-state index is 14.0. The van der Waals surface area contributed by atoms with E-state index in [1.807, 2.05) is 6.07 Å². The highest BCUT2D eigenvalue weighted by molar-refractivity contribution is 5.66. The third kappa shape index (κ3) is 2.92. The molecule has 1 aromatic heterocycles. The van der Waals surface area contributed by atoms with Crippen LogP contribution < -0.4 is 10.5 Å². The summed E-state index contributed by atoms with van der Waals surface area (Å²) in [7, 11) is 0. The largest absolute Gasteiger partial charge is 0.491 e. The molecule has 1 saturated carbocycles. The average Bonchev–Trinajstić information content (AvgIpc) is 3.35. The minimum Gasteiger partial charge on any atom is -0.491 e. The van der Waals surface area contributed by atoms with Gasteiger partial charge in [-0.2, -0.15) is 9.65 Å². The number of nitrogens with two attached hydrogens (primary N) is 1. The Morgan fingerprint density at radius 3 is 2.86 bits per heavy atom. The molecule has 0 aliphatic heterocycles. The fourth-order valence-electron chi connectivity index (χ4n) is 2.29. The maximum Gasteiger partial charge on any atom is 0.220 e. The topological polar surface area (TPSA) is 71.9 Å². The smallest absolute Gasteiger partial charge is 0.220 e. The van der Waals surface area contributed by atoms with Crippen LogP contribution in [0.25, 0.3) is 11.1 Å². The van der Waals surface area contributed by atoms with Gasteiger partial charge in [-0.3, -0.25) is 0 Å². The number of ether oxygens (including phenoxy) is 1. The van der Waals surface area contributed by atoms with E-state index < -0.39 is 5.95 Å². The second-order valence-corrected chi connectivity index (χ2v) is 5.69. The summed E-state index contributed by atoms with van der Waals surface area (Å²) in [6.07, 6.45) is 3.50. The standard InChI is InChI=1S/C17H16FN3O/c18-16-15(13-3-1-2-12(6-13)8-19)7-14(9-21-16)22-11-17(10-20)4-5-17/h1-3,6-7,9H,4-5,10-11,20H2. The Bertz CT molecular complexity index is 735. The zero-order chi connectivity index (χ0) is 15.6. The lowest BCUT2D eigenvalue weighted by Crippen LogP contribution is -2.22. The molecule has 3 rings (SSSR count). The van der Waals surface area contributed by atoms with E-state index in [-0.39, 0.29) is 5.41 Å². The van der Waals surface area contributed by atoms with Gasteiger partial charge in [-0.05, 0) is 36.6 Å². The van der Waals surface area contributed by atoms with Gasteiger partial charge in [0.05, 0.1) is 24.4 Å². The summed E-state index contributed by atoms with van der Waals surface area (Å²) in [5, 5.41) is 8.94. The third-order valence-electron chi connectivity index (χ3n) is 4.05. The highest BCUT2D eigenvalue weighted by Gasteiger charge is 2.42. The molecule has 0 amide bonds. The van der Waals surface area contributed by atoms with Gasteiger partial charge in [0, 0.05) is 17.5 Å². The summed E-state index contributed by atoms with van der Waals surface area (Å²) in [4.78, 5) is 3.75. The summed E-state index contributed by atoms with van der Waals surface area (Å²) in [6.45, 7) is 1.12. The normalized spacial score (nSPS) is 15.1. The van der Waals surface area contributed by atoms with Gasteiger partial charge in [-0.1, -0.05) is 12.1 Å². The van der Waals surface area contributed by atoms with Crippen molar-refractivity contribution >= 4 is 0 Å². The van der Waals surface area contributed by atoms with E-state index in [4.69, 9.17) is 15.7 Å². The quantitative estimate of drug-likeness (QED) is 0.861. The van der Waals surface area contributed by atoms with Gasteiger partial charge in [0.2, 0.25) is 5.95 Å². The second-order valence-electron chi connectivity index (χ2n) is 5.69. The lowest BCUT2D eigenvalue weighted by atomic mass is 10.0. The molecule has 0 atom stereocenters. The number of aromatic nitrogens is 1. The van der Waals surface area contributed by atoms with E-state index in [0.717, 1.165) is 12.8 Å². The Balaban J connectivity index is 1.85. The highest BCUT2D eigenvalue weighted by Crippen LogP contribution is 2.44. The van der Waals surface area contributed by atoms with Crippen LogP contribution in [0.1, 0.15) is 18.4 Å². The molecule has 22 heavy (non-hydrogen) atoms. The first-order valence-corrected chi connectivity index (χ1v) is 7.15. The highest BCUT2D eigenvalue weighted by atomic mass is 19.1. The van der Waals surface area contributed by atoms with Crippen LogP contribution >= 0.6 is 0 Å². The number of rotatable bonds is 5. The van der Waals surface area contributed by atoms with Crippen molar-refractivity contribution in [1.82, 2.24) is 4.98 Å². The predicted octanol–water partition coefficient (Wildman–Crippen LogP) is 2.88. The van der Waals surface area contributed by atoms with Crippen molar-refractivity contribution in [1.29, 1.82) is 5.26 Å². The first kappa shape index (κ1) is 14.5. The number of nitrogens with zero attached hydrogens (tertiary/aromatic N) is 2. The molecule has 0 saturated heterocycles. The lowest BCUT2D eigenvalue weighted by molar-refractivity contribution is 0.237. The van der Waals surface area contributed by atoms with Crippen LogP contribution in [-0.4, -0.2) is 18.1 Å². The molecule has 1 heterocycles. The summed E-state index contributed by atoms with van der Waals surface area (Å²) in [6, 6.07) is 10.4. The number of halogens is 1. The minimum absolute atomic E-state index is 0.0786. The predicted molar refractivity (Wildman–Crippen MR) is 80.6 cm³/mol. The van der Waals surface area contributed by atoms with Crippen LogP contribution in [0.15, 0.2) is 36.5 Å². The molecule has 4 nitrogen and oxygen atoms in total. The summed E-state index contributed by atoms with van der Waals surface area (Å²) < 4.78 is 19.7. The maximum absolute atomic E-state index is 14.0. The average molecular weight is 297 g/mol. The van der Waals surface area contributed by atoms with Crippen LogP contribution in [0.2, 0.25) is 0 Å². The van der Waals surface area contributed by atoms with Crippen LogP contribution in [0.4, 0.5) is 4.39 Å². The Morgan fingerprint density at radius 2 is 2.18 bits per heavy atom. The second kappa shape index (κ2) is 5.74. The summed E-state index contributed by atoms with van der Waals surface area (Å²) >= 11 is 0. The van der Waals surface area contributed by atoms with Gasteiger partial charge < -0.3 is 10.5 Å². The molecule has 5 heteroatoms. The summed E-state index contributed by atoms with van der Waals surface area (Å²) in [5.74, 6) is -0.0686. The van der Waals surface area contributed by atoms with Crippen LogP contribution in [-0.2, 0) is 0 Å². The van der Waals surface area contributed by atoms with Crippen molar-refractivity contribution in [2.45, 2.75) is 12.8 Å². The fourth-order valence-corrected chi connectivity index (χ4v) is 2.29. The molecule has 0 spiro atoms. The van der Waals surface area contributed by atoms with Crippen molar-refractivity contribution in [3.8, 4) is 22.9 Å². The van der Waals surface area contributed by atoms with Crippen molar-refractivity contribution in [2.24, 2.45) is 11.1 Å². The van der Waals surface area contributed by atoms with Crippen LogP contribution in [0, 0.1) is 22.7 Å². The SMILES string of the molecule is N#Cc1cccc(-c2cc(OCC3(CN)CC3)cnc2F)c1. The van der Waals surface area contributed by atoms with E-state index in [9.17, 15) is 4.39 Å². The molecule has 2 aromatic rings.